The monoisotopic (exact) mass is 462 g/mol. The van der Waals surface area contributed by atoms with E-state index in [0.717, 1.165) is 47.3 Å². The van der Waals surface area contributed by atoms with E-state index in [1.165, 1.54) is 0 Å². The summed E-state index contributed by atoms with van der Waals surface area (Å²) >= 11 is 6.29. The molecule has 0 spiro atoms. The molecule has 2 aromatic heterocycles. The fourth-order valence-electron chi connectivity index (χ4n) is 3.57. The summed E-state index contributed by atoms with van der Waals surface area (Å²) in [5.41, 5.74) is 4.67. The number of rotatable bonds is 8. The third-order valence-electron chi connectivity index (χ3n) is 5.10. The predicted molar refractivity (Wildman–Crippen MR) is 117 cm³/mol. The molecule has 0 saturated heterocycles. The van der Waals surface area contributed by atoms with Gasteiger partial charge in [0.1, 0.15) is 5.82 Å². The fourth-order valence-corrected chi connectivity index (χ4v) is 3.83. The zero-order valence-corrected chi connectivity index (χ0v) is 21.6. The Labute approximate surface area is 230 Å². The maximum Gasteiger partial charge on any atom is 1.00 e. The Kier molecular flexibility index (Phi) is 8.97. The molecule has 0 saturated carbocycles. The van der Waals surface area contributed by atoms with Gasteiger partial charge in [-0.1, -0.05) is 67.4 Å². The number of aryl methyl sites for hydroxylation is 1. The van der Waals surface area contributed by atoms with Crippen molar-refractivity contribution in [2.24, 2.45) is 0 Å². The average Bonchev–Trinajstić information content (AvgIpc) is 3.41. The molecule has 2 heterocycles. The van der Waals surface area contributed by atoms with Crippen LogP contribution < -0.4 is 51.4 Å². The van der Waals surface area contributed by atoms with Crippen LogP contribution in [0.5, 0.6) is 0 Å². The second-order valence-corrected chi connectivity index (χ2v) is 7.45. The number of aliphatic hydroxyl groups excluding tert-OH is 1. The van der Waals surface area contributed by atoms with Crippen molar-refractivity contribution in [2.75, 3.05) is 0 Å². The van der Waals surface area contributed by atoms with Gasteiger partial charge in [-0.2, -0.15) is 5.21 Å². The predicted octanol–water partition coefficient (Wildman–Crippen LogP) is 1.38. The molecule has 0 aliphatic carbocycles. The van der Waals surface area contributed by atoms with Crippen LogP contribution in [0.2, 0.25) is 5.15 Å². The van der Waals surface area contributed by atoms with Crippen LogP contribution in [0.4, 0.5) is 0 Å². The standard InChI is InChI=1S/C22H23ClN6O.K.H/c1-2-3-9-20-24-21(23)19(14-30)29(20)13-15-10-11-17(16-7-5-4-6-8-16)18(12-15)22-25-27-28-26-22;;/h4-8,10-12,30H,2-3,9,13-14H2,1H3,(H,25,26,27,28);;/q;+1;-1. The van der Waals surface area contributed by atoms with Gasteiger partial charge < -0.3 is 11.1 Å². The van der Waals surface area contributed by atoms with Crippen molar-refractivity contribution < 1.29 is 57.9 Å². The molecule has 0 aliphatic heterocycles. The number of nitrogens with one attached hydrogen (secondary N) is 1. The molecule has 0 unspecified atom stereocenters. The Morgan fingerprint density at radius 2 is 1.94 bits per heavy atom. The fraction of sp³-hybridized carbons (Fsp3) is 0.273. The SMILES string of the molecule is CCCCc1nc(Cl)c(CO)n1Cc1ccc(-c2ccccc2)c(-c2nn[nH]n2)c1.[H-].[K+]. The van der Waals surface area contributed by atoms with Gasteiger partial charge in [0.05, 0.1) is 12.3 Å². The third kappa shape index (κ3) is 5.51. The zero-order valence-electron chi connectivity index (χ0n) is 18.7. The number of aromatic amines is 1. The molecule has 0 radical (unpaired) electrons. The van der Waals surface area contributed by atoms with Crippen molar-refractivity contribution in [3.63, 3.8) is 0 Å². The van der Waals surface area contributed by atoms with E-state index in [9.17, 15) is 5.11 Å². The first-order valence-corrected chi connectivity index (χ1v) is 10.4. The minimum Gasteiger partial charge on any atom is -1.00 e. The first kappa shape index (κ1) is 24.3. The number of imidazole rings is 1. The summed E-state index contributed by atoms with van der Waals surface area (Å²) < 4.78 is 2.01. The van der Waals surface area contributed by atoms with Crippen LogP contribution in [0.15, 0.2) is 48.5 Å². The van der Waals surface area contributed by atoms with Gasteiger partial charge in [0.15, 0.2) is 5.15 Å². The third-order valence-corrected chi connectivity index (χ3v) is 5.40. The second kappa shape index (κ2) is 11.5. The van der Waals surface area contributed by atoms with E-state index in [1.54, 1.807) is 0 Å². The Morgan fingerprint density at radius 1 is 1.13 bits per heavy atom. The number of hydrogen-bond donors (Lipinski definition) is 2. The van der Waals surface area contributed by atoms with Gasteiger partial charge in [-0.05, 0) is 34.4 Å². The Hall–Kier alpha value is -1.39. The van der Waals surface area contributed by atoms with Crippen LogP contribution >= 0.6 is 11.6 Å². The molecule has 0 aliphatic rings. The Morgan fingerprint density at radius 3 is 2.61 bits per heavy atom. The molecule has 0 atom stereocenters. The molecule has 2 N–H and O–H groups in total. The molecular formula is C22H24ClKN6O. The number of tetrazole rings is 1. The molecule has 31 heavy (non-hydrogen) atoms. The van der Waals surface area contributed by atoms with E-state index in [4.69, 9.17) is 11.6 Å². The van der Waals surface area contributed by atoms with Crippen molar-refractivity contribution in [1.29, 1.82) is 0 Å². The van der Waals surface area contributed by atoms with Crippen molar-refractivity contribution in [3.8, 4) is 22.5 Å². The smallest absolute Gasteiger partial charge is 1.00 e. The van der Waals surface area contributed by atoms with E-state index in [-0.39, 0.29) is 59.4 Å². The Bertz CT molecular complexity index is 1120. The number of nitrogens with zero attached hydrogens (tertiary/aromatic N) is 5. The van der Waals surface area contributed by atoms with Crippen LogP contribution in [-0.4, -0.2) is 35.3 Å². The van der Waals surface area contributed by atoms with E-state index in [0.29, 0.717) is 23.2 Å². The van der Waals surface area contributed by atoms with Crippen molar-refractivity contribution in [1.82, 2.24) is 30.2 Å². The van der Waals surface area contributed by atoms with Gasteiger partial charge in [-0.15, -0.1) is 10.2 Å². The van der Waals surface area contributed by atoms with Gasteiger partial charge in [-0.25, -0.2) is 4.98 Å². The summed E-state index contributed by atoms with van der Waals surface area (Å²) in [7, 11) is 0. The molecule has 9 heteroatoms. The van der Waals surface area contributed by atoms with E-state index < -0.39 is 0 Å². The number of halogens is 1. The maximum atomic E-state index is 9.84. The van der Waals surface area contributed by atoms with Gasteiger partial charge in [0.2, 0.25) is 5.82 Å². The molecule has 156 valence electrons. The van der Waals surface area contributed by atoms with Crippen LogP contribution in [0.3, 0.4) is 0 Å². The number of benzene rings is 2. The molecule has 4 aromatic rings. The summed E-state index contributed by atoms with van der Waals surface area (Å²) in [6.45, 7) is 2.54. The van der Waals surface area contributed by atoms with E-state index in [2.05, 4.69) is 62.9 Å². The number of aromatic nitrogens is 6. The summed E-state index contributed by atoms with van der Waals surface area (Å²) in [6, 6.07) is 16.3. The maximum absolute atomic E-state index is 9.84. The first-order valence-electron chi connectivity index (χ1n) is 9.98. The van der Waals surface area contributed by atoms with Crippen molar-refractivity contribution in [3.05, 3.63) is 70.8 Å². The van der Waals surface area contributed by atoms with Crippen LogP contribution in [0, 0.1) is 0 Å². The van der Waals surface area contributed by atoms with Crippen molar-refractivity contribution >= 4 is 11.6 Å². The van der Waals surface area contributed by atoms with Crippen LogP contribution in [0.25, 0.3) is 22.5 Å². The normalized spacial score (nSPS) is 10.8. The van der Waals surface area contributed by atoms with Gasteiger partial charge in [0, 0.05) is 18.5 Å². The van der Waals surface area contributed by atoms with Gasteiger partial charge in [-0.3, -0.25) is 0 Å². The van der Waals surface area contributed by atoms with Crippen molar-refractivity contribution in [2.45, 2.75) is 39.3 Å². The van der Waals surface area contributed by atoms with Gasteiger partial charge >= 0.3 is 51.4 Å². The van der Waals surface area contributed by atoms with Gasteiger partial charge in [0.25, 0.3) is 0 Å². The van der Waals surface area contributed by atoms with Crippen LogP contribution in [-0.2, 0) is 19.6 Å². The van der Waals surface area contributed by atoms with E-state index >= 15 is 0 Å². The first-order chi connectivity index (χ1) is 14.7. The molecule has 0 fully saturated rings. The largest absolute Gasteiger partial charge is 1.00 e. The Balaban J connectivity index is 0.00000181. The van der Waals surface area contributed by atoms with E-state index in [1.807, 2.05) is 22.8 Å². The molecule has 4 rings (SSSR count). The summed E-state index contributed by atoms with van der Waals surface area (Å²) in [5, 5.41) is 24.8. The summed E-state index contributed by atoms with van der Waals surface area (Å²) in [4.78, 5) is 4.48. The number of hydrogen-bond acceptors (Lipinski definition) is 5. The summed E-state index contributed by atoms with van der Waals surface area (Å²) in [6.07, 6.45) is 2.89. The minimum atomic E-state index is -0.155. The molecule has 0 bridgehead atoms. The minimum absolute atomic E-state index is 0. The molecule has 0 amide bonds. The average molecular weight is 463 g/mol. The quantitative estimate of drug-likeness (QED) is 0.386. The molecule has 2 aromatic carbocycles. The molecule has 7 nitrogen and oxygen atoms in total. The second-order valence-electron chi connectivity index (χ2n) is 7.09. The topological polar surface area (TPSA) is 92.5 Å². The zero-order chi connectivity index (χ0) is 20.9. The number of unbranched alkanes of at least 4 members (excludes halogenated alkanes) is 1. The van der Waals surface area contributed by atoms with Crippen LogP contribution in [0.1, 0.15) is 38.3 Å². The summed E-state index contributed by atoms with van der Waals surface area (Å²) in [5.74, 6) is 1.42. The number of aliphatic hydroxyl groups is 1. The molecular weight excluding hydrogens is 439 g/mol. The number of H-pyrrole nitrogens is 1.